The van der Waals surface area contributed by atoms with Gasteiger partial charge >= 0.3 is 0 Å². The highest BCUT2D eigenvalue weighted by Gasteiger charge is 2.18. The molecule has 0 radical (unpaired) electrons. The number of benzene rings is 1. The number of aromatic nitrogens is 4. The molecular weight excluding hydrogens is 378 g/mol. The Labute approximate surface area is 172 Å². The standard InChI is InChI=1S/C23H21N5O2/c29-22(27-17-3-1-2-4-17)15-7-5-14(6-8-15)19-11-16(9-10-24-19)20-12-18-21(28-20)25-13-26-23(18)30/h5-13,17H,1-4H2,(H,27,29)(H2,25,26,28,30). The third-order valence-electron chi connectivity index (χ3n) is 5.63. The van der Waals surface area contributed by atoms with Gasteiger partial charge in [0, 0.05) is 34.6 Å². The van der Waals surface area contributed by atoms with E-state index in [9.17, 15) is 9.59 Å². The molecule has 3 N–H and O–H groups in total. The summed E-state index contributed by atoms with van der Waals surface area (Å²) in [4.78, 5) is 38.8. The minimum Gasteiger partial charge on any atom is -0.349 e. The van der Waals surface area contributed by atoms with Crippen molar-refractivity contribution in [2.45, 2.75) is 31.7 Å². The lowest BCUT2D eigenvalue weighted by Gasteiger charge is -2.12. The molecule has 0 saturated heterocycles. The van der Waals surface area contributed by atoms with Crippen molar-refractivity contribution >= 4 is 16.9 Å². The summed E-state index contributed by atoms with van der Waals surface area (Å²) in [5.74, 6) is -0.0223. The molecule has 0 bridgehead atoms. The van der Waals surface area contributed by atoms with Crippen LogP contribution in [0.15, 0.2) is 59.8 Å². The number of nitrogens with zero attached hydrogens (tertiary/aromatic N) is 2. The van der Waals surface area contributed by atoms with Crippen LogP contribution in [0.1, 0.15) is 36.0 Å². The second-order valence-electron chi connectivity index (χ2n) is 7.64. The van der Waals surface area contributed by atoms with E-state index < -0.39 is 0 Å². The van der Waals surface area contributed by atoms with Gasteiger partial charge in [0.15, 0.2) is 0 Å². The number of H-pyrrole nitrogens is 2. The zero-order valence-electron chi connectivity index (χ0n) is 16.3. The van der Waals surface area contributed by atoms with E-state index in [4.69, 9.17) is 0 Å². The second kappa shape index (κ2) is 7.59. The predicted molar refractivity (Wildman–Crippen MR) is 115 cm³/mol. The number of hydrogen-bond acceptors (Lipinski definition) is 4. The highest BCUT2D eigenvalue weighted by atomic mass is 16.1. The van der Waals surface area contributed by atoms with Gasteiger partial charge in [0.2, 0.25) is 0 Å². The van der Waals surface area contributed by atoms with Gasteiger partial charge in [-0.15, -0.1) is 0 Å². The number of hydrogen-bond donors (Lipinski definition) is 3. The summed E-state index contributed by atoms with van der Waals surface area (Å²) in [5.41, 5.74) is 4.43. The molecule has 1 aliphatic rings. The number of nitrogens with one attached hydrogen (secondary N) is 3. The minimum atomic E-state index is -0.178. The zero-order chi connectivity index (χ0) is 20.5. The van der Waals surface area contributed by atoms with Crippen LogP contribution in [-0.4, -0.2) is 31.9 Å². The number of carbonyl (C=O) groups is 1. The molecule has 0 spiro atoms. The molecule has 1 saturated carbocycles. The van der Waals surface area contributed by atoms with Gasteiger partial charge in [0.05, 0.1) is 17.4 Å². The van der Waals surface area contributed by atoms with Crippen molar-refractivity contribution in [3.05, 3.63) is 70.9 Å². The van der Waals surface area contributed by atoms with E-state index >= 15 is 0 Å². The Bertz CT molecular complexity index is 1270. The van der Waals surface area contributed by atoms with Crippen LogP contribution >= 0.6 is 0 Å². The van der Waals surface area contributed by atoms with Crippen LogP contribution in [-0.2, 0) is 0 Å². The molecule has 3 heterocycles. The van der Waals surface area contributed by atoms with E-state index in [2.05, 4.69) is 25.3 Å². The summed E-state index contributed by atoms with van der Waals surface area (Å²) in [5, 5.41) is 3.63. The Kier molecular flexibility index (Phi) is 4.63. The van der Waals surface area contributed by atoms with Crippen molar-refractivity contribution in [3.63, 3.8) is 0 Å². The third-order valence-corrected chi connectivity index (χ3v) is 5.63. The van der Waals surface area contributed by atoms with Crippen molar-refractivity contribution < 1.29 is 4.79 Å². The fourth-order valence-corrected chi connectivity index (χ4v) is 3.99. The molecule has 7 nitrogen and oxygen atoms in total. The average Bonchev–Trinajstić information content (AvgIpc) is 3.44. The summed E-state index contributed by atoms with van der Waals surface area (Å²) < 4.78 is 0. The number of aromatic amines is 2. The van der Waals surface area contributed by atoms with Gasteiger partial charge in [-0.3, -0.25) is 14.6 Å². The number of carbonyl (C=O) groups excluding carboxylic acids is 1. The summed E-state index contributed by atoms with van der Waals surface area (Å²) in [6.45, 7) is 0. The Morgan fingerprint density at radius 3 is 2.57 bits per heavy atom. The molecular formula is C23H21N5O2. The van der Waals surface area contributed by atoms with Crippen molar-refractivity contribution in [2.24, 2.45) is 0 Å². The molecule has 0 atom stereocenters. The third kappa shape index (κ3) is 3.50. The van der Waals surface area contributed by atoms with Gasteiger partial charge in [-0.1, -0.05) is 25.0 Å². The van der Waals surface area contributed by atoms with Crippen molar-refractivity contribution in [1.82, 2.24) is 25.3 Å². The number of amides is 1. The van der Waals surface area contributed by atoms with Gasteiger partial charge in [-0.25, -0.2) is 4.98 Å². The quantitative estimate of drug-likeness (QED) is 0.487. The fraction of sp³-hybridized carbons (Fsp3) is 0.217. The van der Waals surface area contributed by atoms with Gasteiger partial charge in [0.25, 0.3) is 11.5 Å². The smallest absolute Gasteiger partial charge is 0.260 e. The second-order valence-corrected chi connectivity index (χ2v) is 7.64. The topological polar surface area (TPSA) is 104 Å². The van der Waals surface area contributed by atoms with E-state index in [1.165, 1.54) is 19.2 Å². The number of rotatable bonds is 4. The zero-order valence-corrected chi connectivity index (χ0v) is 16.3. The van der Waals surface area contributed by atoms with E-state index in [0.717, 1.165) is 35.4 Å². The van der Waals surface area contributed by atoms with Gasteiger partial charge < -0.3 is 15.3 Å². The van der Waals surface area contributed by atoms with Crippen LogP contribution in [0, 0.1) is 0 Å². The molecule has 1 aliphatic carbocycles. The molecule has 0 unspecified atom stereocenters. The maximum atomic E-state index is 12.4. The van der Waals surface area contributed by atoms with E-state index in [0.29, 0.717) is 22.6 Å². The monoisotopic (exact) mass is 399 g/mol. The van der Waals surface area contributed by atoms with Crippen LogP contribution < -0.4 is 10.9 Å². The number of pyridine rings is 1. The highest BCUT2D eigenvalue weighted by molar-refractivity contribution is 5.95. The summed E-state index contributed by atoms with van der Waals surface area (Å²) in [7, 11) is 0. The Morgan fingerprint density at radius 1 is 1.00 bits per heavy atom. The lowest BCUT2D eigenvalue weighted by atomic mass is 10.1. The SMILES string of the molecule is O=C(NC1CCCC1)c1ccc(-c2cc(-c3cc4c(=O)[nH]cnc4[nH]3)ccn2)cc1. The first-order valence-corrected chi connectivity index (χ1v) is 10.1. The normalized spacial score (nSPS) is 14.3. The summed E-state index contributed by atoms with van der Waals surface area (Å²) in [6.07, 6.45) is 7.62. The Morgan fingerprint density at radius 2 is 1.80 bits per heavy atom. The van der Waals surface area contributed by atoms with Crippen LogP contribution in [0.25, 0.3) is 33.5 Å². The van der Waals surface area contributed by atoms with Gasteiger partial charge in [-0.2, -0.15) is 0 Å². The molecule has 30 heavy (non-hydrogen) atoms. The molecule has 5 rings (SSSR count). The Balaban J connectivity index is 1.40. The maximum Gasteiger partial charge on any atom is 0.260 e. The van der Waals surface area contributed by atoms with Gasteiger partial charge in [0.1, 0.15) is 5.65 Å². The first kappa shape index (κ1) is 18.3. The van der Waals surface area contributed by atoms with Crippen molar-refractivity contribution in [3.8, 4) is 22.5 Å². The molecule has 4 aromatic rings. The first-order chi connectivity index (χ1) is 14.7. The summed E-state index contributed by atoms with van der Waals surface area (Å²) in [6, 6.07) is 13.4. The van der Waals surface area contributed by atoms with Crippen LogP contribution in [0.3, 0.4) is 0 Å². The Hall–Kier alpha value is -3.74. The van der Waals surface area contributed by atoms with E-state index in [1.807, 2.05) is 36.4 Å². The largest absolute Gasteiger partial charge is 0.349 e. The average molecular weight is 399 g/mol. The van der Waals surface area contributed by atoms with Crippen molar-refractivity contribution in [1.29, 1.82) is 0 Å². The molecule has 1 amide bonds. The predicted octanol–water partition coefficient (Wildman–Crippen LogP) is 3.65. The first-order valence-electron chi connectivity index (χ1n) is 10.1. The molecule has 1 aromatic carbocycles. The molecule has 3 aromatic heterocycles. The highest BCUT2D eigenvalue weighted by Crippen LogP contribution is 2.26. The lowest BCUT2D eigenvalue weighted by Crippen LogP contribution is -2.32. The van der Waals surface area contributed by atoms with Crippen LogP contribution in [0.5, 0.6) is 0 Å². The van der Waals surface area contributed by atoms with E-state index in [-0.39, 0.29) is 11.5 Å². The molecule has 0 aliphatic heterocycles. The molecule has 1 fully saturated rings. The summed E-state index contributed by atoms with van der Waals surface area (Å²) >= 11 is 0. The van der Waals surface area contributed by atoms with Crippen LogP contribution in [0.4, 0.5) is 0 Å². The number of fused-ring (bicyclic) bond motifs is 1. The minimum absolute atomic E-state index is 0.0223. The molecule has 7 heteroatoms. The van der Waals surface area contributed by atoms with Crippen LogP contribution in [0.2, 0.25) is 0 Å². The molecule has 150 valence electrons. The van der Waals surface area contributed by atoms with E-state index in [1.54, 1.807) is 12.3 Å². The maximum absolute atomic E-state index is 12.4. The van der Waals surface area contributed by atoms with Gasteiger partial charge in [-0.05, 0) is 43.2 Å². The lowest BCUT2D eigenvalue weighted by molar-refractivity contribution is 0.0938. The fourth-order valence-electron chi connectivity index (χ4n) is 3.99. The van der Waals surface area contributed by atoms with Crippen molar-refractivity contribution in [2.75, 3.05) is 0 Å².